The summed E-state index contributed by atoms with van der Waals surface area (Å²) >= 11 is 0. The van der Waals surface area contributed by atoms with Crippen LogP contribution in [0.4, 0.5) is 5.82 Å². The standard InChI is InChI=1S/C14H17N5O10/c15-9-5-10(17-2-16-9)19(3-18-5)14(7(22)6(21)4(1-20)29-14)13(28,12(26)27)8(23)11(24)25/h2-4,6-8,20-23,28H,1H2,(H,24,25)(H,26,27)(H2,15,16,17)/t4-,6-,7-,8?,13?,14+/m1/s1. The van der Waals surface area contributed by atoms with Crippen LogP contribution in [0.15, 0.2) is 12.7 Å². The molecule has 2 aromatic rings. The first-order valence-corrected chi connectivity index (χ1v) is 7.99. The van der Waals surface area contributed by atoms with Crippen molar-refractivity contribution in [3.63, 3.8) is 0 Å². The number of rotatable bonds is 6. The molecule has 1 aliphatic heterocycles. The first-order valence-electron chi connectivity index (χ1n) is 7.99. The number of nitrogens with zero attached hydrogens (tertiary/aromatic N) is 4. The van der Waals surface area contributed by atoms with E-state index in [1.165, 1.54) is 0 Å². The van der Waals surface area contributed by atoms with Crippen LogP contribution in [0.1, 0.15) is 0 Å². The second kappa shape index (κ2) is 6.83. The van der Waals surface area contributed by atoms with Crippen LogP contribution in [-0.4, -0.2) is 104 Å². The smallest absolute Gasteiger partial charge is 0.344 e. The second-order valence-electron chi connectivity index (χ2n) is 6.33. The van der Waals surface area contributed by atoms with Gasteiger partial charge >= 0.3 is 11.9 Å². The molecule has 2 unspecified atom stereocenters. The number of ether oxygens (including phenoxy) is 1. The molecule has 0 amide bonds. The fraction of sp³-hybridized carbons (Fsp3) is 0.500. The van der Waals surface area contributed by atoms with E-state index in [1.54, 1.807) is 0 Å². The first kappa shape index (κ1) is 20.8. The molecule has 9 N–H and O–H groups in total. The highest BCUT2D eigenvalue weighted by atomic mass is 16.6. The summed E-state index contributed by atoms with van der Waals surface area (Å²) in [4.78, 5) is 34.7. The summed E-state index contributed by atoms with van der Waals surface area (Å²) in [5, 5.41) is 70.2. The maximum Gasteiger partial charge on any atom is 0.344 e. The third-order valence-electron chi connectivity index (χ3n) is 4.84. The number of carbonyl (C=O) groups is 2. The van der Waals surface area contributed by atoms with Crippen LogP contribution in [0.25, 0.3) is 11.2 Å². The Kier molecular flexibility index (Phi) is 4.89. The van der Waals surface area contributed by atoms with Gasteiger partial charge in [0.05, 0.1) is 12.9 Å². The number of hydrogen-bond acceptors (Lipinski definition) is 12. The molecule has 0 aromatic carbocycles. The van der Waals surface area contributed by atoms with Crippen molar-refractivity contribution in [2.24, 2.45) is 0 Å². The van der Waals surface area contributed by atoms with E-state index in [0.717, 1.165) is 12.7 Å². The molecule has 0 aliphatic carbocycles. The Morgan fingerprint density at radius 3 is 2.48 bits per heavy atom. The lowest BCUT2D eigenvalue weighted by Gasteiger charge is -2.44. The minimum Gasteiger partial charge on any atom is -0.479 e. The lowest BCUT2D eigenvalue weighted by Crippen LogP contribution is -2.72. The molecule has 0 saturated carbocycles. The quantitative estimate of drug-likeness (QED) is 0.221. The van der Waals surface area contributed by atoms with Crippen molar-refractivity contribution in [2.45, 2.75) is 35.7 Å². The van der Waals surface area contributed by atoms with Gasteiger partial charge in [-0.25, -0.2) is 24.5 Å². The zero-order valence-electron chi connectivity index (χ0n) is 14.4. The average molecular weight is 415 g/mol. The molecule has 15 nitrogen and oxygen atoms in total. The summed E-state index contributed by atoms with van der Waals surface area (Å²) in [5.41, 5.74) is -1.69. The van der Waals surface area contributed by atoms with Crippen LogP contribution in [0, 0.1) is 0 Å². The van der Waals surface area contributed by atoms with Crippen molar-refractivity contribution >= 4 is 28.9 Å². The molecule has 0 bridgehead atoms. The maximum absolute atomic E-state index is 12.0. The Morgan fingerprint density at radius 1 is 1.31 bits per heavy atom. The number of carboxylic acids is 2. The molecule has 6 atom stereocenters. The number of anilines is 1. The predicted molar refractivity (Wildman–Crippen MR) is 87.9 cm³/mol. The fourth-order valence-corrected chi connectivity index (χ4v) is 3.39. The predicted octanol–water partition coefficient (Wildman–Crippen LogP) is -4.56. The van der Waals surface area contributed by atoms with E-state index in [0.29, 0.717) is 4.57 Å². The number of aliphatic hydroxyl groups is 5. The van der Waals surface area contributed by atoms with Crippen LogP contribution in [0.3, 0.4) is 0 Å². The van der Waals surface area contributed by atoms with E-state index in [4.69, 9.17) is 10.5 Å². The zero-order chi connectivity index (χ0) is 21.7. The summed E-state index contributed by atoms with van der Waals surface area (Å²) in [6.07, 6.45) is -7.37. The normalized spacial score (nSPS) is 30.2. The first-order chi connectivity index (χ1) is 13.5. The second-order valence-corrected chi connectivity index (χ2v) is 6.33. The molecule has 3 rings (SSSR count). The van der Waals surface area contributed by atoms with Gasteiger partial charge in [0.1, 0.15) is 30.2 Å². The SMILES string of the molecule is Nc1ncnc2c1ncn2[C@]1(C(O)(C(=O)O)C(O)C(=O)O)O[C@H](CO)[C@@H](O)[C@H]1O. The summed E-state index contributed by atoms with van der Waals surface area (Å²) in [6, 6.07) is 0. The van der Waals surface area contributed by atoms with Gasteiger partial charge in [0, 0.05) is 0 Å². The monoisotopic (exact) mass is 415 g/mol. The minimum atomic E-state index is -3.80. The van der Waals surface area contributed by atoms with Gasteiger partial charge in [-0.1, -0.05) is 0 Å². The van der Waals surface area contributed by atoms with Crippen LogP contribution in [0.2, 0.25) is 0 Å². The Balaban J connectivity index is 2.41. The number of imidazole rings is 1. The van der Waals surface area contributed by atoms with Gasteiger partial charge in [0.2, 0.25) is 11.3 Å². The summed E-state index contributed by atoms with van der Waals surface area (Å²) < 4.78 is 5.95. The number of aliphatic carboxylic acids is 2. The highest BCUT2D eigenvalue weighted by molar-refractivity contribution is 5.89. The van der Waals surface area contributed by atoms with E-state index >= 15 is 0 Å². The van der Waals surface area contributed by atoms with Gasteiger partial charge in [-0.15, -0.1) is 0 Å². The molecule has 0 spiro atoms. The largest absolute Gasteiger partial charge is 0.479 e. The Morgan fingerprint density at radius 2 is 1.97 bits per heavy atom. The Hall–Kier alpha value is -2.95. The van der Waals surface area contributed by atoms with Crippen molar-refractivity contribution < 1.29 is 50.1 Å². The summed E-state index contributed by atoms with van der Waals surface area (Å²) in [6.45, 7) is -0.956. The highest BCUT2D eigenvalue weighted by Gasteiger charge is 2.74. The van der Waals surface area contributed by atoms with Crippen LogP contribution < -0.4 is 5.73 Å². The molecule has 0 radical (unpaired) electrons. The Labute approximate surface area is 160 Å². The van der Waals surface area contributed by atoms with Gasteiger partial charge in [-0.05, 0) is 0 Å². The lowest BCUT2D eigenvalue weighted by atomic mass is 9.80. The van der Waals surface area contributed by atoms with Crippen molar-refractivity contribution in [2.75, 3.05) is 12.3 Å². The van der Waals surface area contributed by atoms with Gasteiger partial charge < -0.3 is 46.2 Å². The number of nitrogen functional groups attached to an aromatic ring is 1. The molecule has 1 fully saturated rings. The highest BCUT2D eigenvalue weighted by Crippen LogP contribution is 2.47. The van der Waals surface area contributed by atoms with Crippen molar-refractivity contribution in [1.29, 1.82) is 0 Å². The average Bonchev–Trinajstić information content (AvgIpc) is 3.22. The number of nitrogens with two attached hydrogens (primary N) is 1. The van der Waals surface area contributed by atoms with Crippen molar-refractivity contribution in [1.82, 2.24) is 19.5 Å². The molecule has 29 heavy (non-hydrogen) atoms. The van der Waals surface area contributed by atoms with E-state index in [1.807, 2.05) is 0 Å². The van der Waals surface area contributed by atoms with Crippen LogP contribution in [-0.2, 0) is 20.1 Å². The number of carboxylic acid groups (broad SMARTS) is 2. The molecule has 158 valence electrons. The molecule has 3 heterocycles. The third kappa shape index (κ3) is 2.56. The molecule has 2 aromatic heterocycles. The van der Waals surface area contributed by atoms with Crippen LogP contribution >= 0.6 is 0 Å². The van der Waals surface area contributed by atoms with E-state index in [2.05, 4.69) is 15.0 Å². The number of fused-ring (bicyclic) bond motifs is 1. The Bertz CT molecular complexity index is 967. The summed E-state index contributed by atoms with van der Waals surface area (Å²) in [5.74, 6) is -4.68. The van der Waals surface area contributed by atoms with Gasteiger partial charge in [-0.2, -0.15) is 0 Å². The van der Waals surface area contributed by atoms with E-state index in [9.17, 15) is 45.3 Å². The number of hydrogen-bond donors (Lipinski definition) is 8. The number of aromatic nitrogens is 4. The third-order valence-corrected chi connectivity index (χ3v) is 4.84. The van der Waals surface area contributed by atoms with Gasteiger partial charge in [0.15, 0.2) is 17.6 Å². The molecular formula is C14H17N5O10. The van der Waals surface area contributed by atoms with Gasteiger partial charge in [-0.3, -0.25) is 4.57 Å². The van der Waals surface area contributed by atoms with Crippen molar-refractivity contribution in [3.05, 3.63) is 12.7 Å². The van der Waals surface area contributed by atoms with Crippen molar-refractivity contribution in [3.8, 4) is 0 Å². The molecular weight excluding hydrogens is 398 g/mol. The molecule has 15 heteroatoms. The maximum atomic E-state index is 12.0. The van der Waals surface area contributed by atoms with Gasteiger partial charge in [0.25, 0.3) is 0 Å². The van der Waals surface area contributed by atoms with E-state index < -0.39 is 54.3 Å². The minimum absolute atomic E-state index is 0.137. The lowest BCUT2D eigenvalue weighted by molar-refractivity contribution is -0.279. The zero-order valence-corrected chi connectivity index (χ0v) is 14.4. The van der Waals surface area contributed by atoms with Crippen LogP contribution in [0.5, 0.6) is 0 Å². The molecule has 1 aliphatic rings. The fourth-order valence-electron chi connectivity index (χ4n) is 3.39. The summed E-state index contributed by atoms with van der Waals surface area (Å²) in [7, 11) is 0. The topological polar surface area (TPSA) is 255 Å². The van der Waals surface area contributed by atoms with E-state index in [-0.39, 0.29) is 17.0 Å². The number of aliphatic hydroxyl groups excluding tert-OH is 4. The molecule has 1 saturated heterocycles.